The molecule has 0 saturated heterocycles. The van der Waals surface area contributed by atoms with Gasteiger partial charge in [-0.2, -0.15) is 0 Å². The van der Waals surface area contributed by atoms with Gasteiger partial charge in [0.1, 0.15) is 11.6 Å². The molecule has 1 aromatic carbocycles. The Labute approximate surface area is 128 Å². The third-order valence-electron chi connectivity index (χ3n) is 2.99. The number of aromatic nitrogens is 2. The molecule has 0 saturated carbocycles. The second kappa shape index (κ2) is 6.95. The number of nitrogens with two attached hydrogens (primary N) is 1. The molecule has 7 heteroatoms. The number of nitrogens with zero attached hydrogens (tertiary/aromatic N) is 3. The van der Waals surface area contributed by atoms with Crippen LogP contribution in [0, 0.1) is 5.82 Å². The van der Waals surface area contributed by atoms with Crippen molar-refractivity contribution in [2.24, 2.45) is 5.73 Å². The van der Waals surface area contributed by atoms with Crippen LogP contribution in [0.4, 0.5) is 10.2 Å². The minimum atomic E-state index is -0.627. The Bertz CT molecular complexity index is 657. The number of hydrogen-bond acceptors (Lipinski definition) is 5. The van der Waals surface area contributed by atoms with E-state index < -0.39 is 5.91 Å². The van der Waals surface area contributed by atoms with Crippen LogP contribution in [-0.4, -0.2) is 35.1 Å². The zero-order valence-corrected chi connectivity index (χ0v) is 12.5. The van der Waals surface area contributed by atoms with Crippen molar-refractivity contribution in [2.45, 2.75) is 13.1 Å². The summed E-state index contributed by atoms with van der Waals surface area (Å²) in [7, 11) is 3.78. The normalized spacial score (nSPS) is 10.7. The highest BCUT2D eigenvalue weighted by molar-refractivity contribution is 5.90. The summed E-state index contributed by atoms with van der Waals surface area (Å²) in [6, 6.07) is 8.22. The quantitative estimate of drug-likeness (QED) is 0.842. The molecule has 0 atom stereocenters. The van der Waals surface area contributed by atoms with Crippen LogP contribution in [0.25, 0.3) is 0 Å². The fourth-order valence-corrected chi connectivity index (χ4v) is 1.92. The fraction of sp³-hybridized carbons (Fsp3) is 0.267. The summed E-state index contributed by atoms with van der Waals surface area (Å²) in [5.74, 6) is -0.372. The van der Waals surface area contributed by atoms with E-state index in [1.54, 1.807) is 12.1 Å². The number of benzene rings is 1. The molecule has 116 valence electrons. The fourth-order valence-electron chi connectivity index (χ4n) is 1.92. The van der Waals surface area contributed by atoms with E-state index in [1.165, 1.54) is 12.1 Å². The standard InChI is InChI=1S/C15H18FN5O/c1-21(2)9-11-4-3-10(7-12(11)16)8-18-14-6-5-13(15(17)22)19-20-14/h3-7H,8-9H2,1-2H3,(H2,17,22)(H,18,20). The van der Waals surface area contributed by atoms with Gasteiger partial charge in [-0.3, -0.25) is 4.79 Å². The summed E-state index contributed by atoms with van der Waals surface area (Å²) in [6.07, 6.45) is 0. The first kappa shape index (κ1) is 15.8. The van der Waals surface area contributed by atoms with Crippen LogP contribution in [0.1, 0.15) is 21.6 Å². The monoisotopic (exact) mass is 303 g/mol. The third kappa shape index (κ3) is 4.23. The Morgan fingerprint density at radius 1 is 1.27 bits per heavy atom. The lowest BCUT2D eigenvalue weighted by Crippen LogP contribution is -2.14. The zero-order valence-electron chi connectivity index (χ0n) is 12.5. The van der Waals surface area contributed by atoms with Crippen LogP contribution in [0.15, 0.2) is 30.3 Å². The van der Waals surface area contributed by atoms with Gasteiger partial charge in [0.25, 0.3) is 5.91 Å². The molecule has 22 heavy (non-hydrogen) atoms. The topological polar surface area (TPSA) is 84.1 Å². The molecule has 0 spiro atoms. The molecule has 0 aliphatic heterocycles. The van der Waals surface area contributed by atoms with Crippen molar-refractivity contribution in [2.75, 3.05) is 19.4 Å². The summed E-state index contributed by atoms with van der Waals surface area (Å²) in [6.45, 7) is 0.962. The highest BCUT2D eigenvalue weighted by Gasteiger charge is 2.06. The Kier molecular flexibility index (Phi) is 5.00. The predicted octanol–water partition coefficient (Wildman–Crippen LogP) is 1.39. The van der Waals surface area contributed by atoms with E-state index in [-0.39, 0.29) is 11.5 Å². The molecule has 6 nitrogen and oxygen atoms in total. The van der Waals surface area contributed by atoms with E-state index in [1.807, 2.05) is 25.1 Å². The summed E-state index contributed by atoms with van der Waals surface area (Å²) in [4.78, 5) is 12.8. The molecule has 2 aromatic rings. The Hall–Kier alpha value is -2.54. The van der Waals surface area contributed by atoms with Crippen LogP contribution >= 0.6 is 0 Å². The van der Waals surface area contributed by atoms with Gasteiger partial charge in [0, 0.05) is 18.7 Å². The van der Waals surface area contributed by atoms with Crippen molar-refractivity contribution in [3.63, 3.8) is 0 Å². The number of primary amides is 1. The van der Waals surface area contributed by atoms with Crippen LogP contribution in [0.3, 0.4) is 0 Å². The summed E-state index contributed by atoms with van der Waals surface area (Å²) >= 11 is 0. The number of anilines is 1. The zero-order chi connectivity index (χ0) is 16.1. The van der Waals surface area contributed by atoms with E-state index in [4.69, 9.17) is 5.73 Å². The van der Waals surface area contributed by atoms with Crippen LogP contribution in [-0.2, 0) is 13.1 Å². The largest absolute Gasteiger partial charge is 0.365 e. The van der Waals surface area contributed by atoms with E-state index in [0.717, 1.165) is 5.56 Å². The van der Waals surface area contributed by atoms with E-state index >= 15 is 0 Å². The predicted molar refractivity (Wildman–Crippen MR) is 81.7 cm³/mol. The lowest BCUT2D eigenvalue weighted by atomic mass is 10.1. The molecule has 0 unspecified atom stereocenters. The second-order valence-electron chi connectivity index (χ2n) is 5.19. The van der Waals surface area contributed by atoms with Gasteiger partial charge in [-0.05, 0) is 37.9 Å². The number of nitrogens with one attached hydrogen (secondary N) is 1. The first-order valence-electron chi connectivity index (χ1n) is 6.75. The molecule has 1 aromatic heterocycles. The Balaban J connectivity index is 1.99. The Morgan fingerprint density at radius 3 is 2.59 bits per heavy atom. The lowest BCUT2D eigenvalue weighted by molar-refractivity contribution is 0.0994. The molecule has 1 heterocycles. The number of amides is 1. The Morgan fingerprint density at radius 2 is 2.05 bits per heavy atom. The molecule has 0 aliphatic carbocycles. The highest BCUT2D eigenvalue weighted by Crippen LogP contribution is 2.13. The van der Waals surface area contributed by atoms with Gasteiger partial charge < -0.3 is 16.0 Å². The maximum atomic E-state index is 13.9. The van der Waals surface area contributed by atoms with E-state index in [2.05, 4.69) is 15.5 Å². The minimum Gasteiger partial charge on any atom is -0.365 e. The number of halogens is 1. The molecular formula is C15H18FN5O. The van der Waals surface area contributed by atoms with Crippen LogP contribution in [0.2, 0.25) is 0 Å². The van der Waals surface area contributed by atoms with Gasteiger partial charge in [-0.15, -0.1) is 10.2 Å². The van der Waals surface area contributed by atoms with Crippen molar-refractivity contribution in [3.05, 3.63) is 53.0 Å². The van der Waals surface area contributed by atoms with Gasteiger partial charge in [0.05, 0.1) is 0 Å². The average molecular weight is 303 g/mol. The number of carbonyl (C=O) groups excluding carboxylic acids is 1. The van der Waals surface area contributed by atoms with Gasteiger partial charge in [-0.25, -0.2) is 4.39 Å². The summed E-state index contributed by atoms with van der Waals surface area (Å²) in [5.41, 5.74) is 6.63. The number of hydrogen-bond donors (Lipinski definition) is 2. The second-order valence-corrected chi connectivity index (χ2v) is 5.19. The SMILES string of the molecule is CN(C)Cc1ccc(CNc2ccc(C(N)=O)nn2)cc1F. The van der Waals surface area contributed by atoms with Crippen molar-refractivity contribution < 1.29 is 9.18 Å². The molecule has 0 radical (unpaired) electrons. The molecule has 2 rings (SSSR count). The minimum absolute atomic E-state index is 0.102. The van der Waals surface area contributed by atoms with Gasteiger partial charge in [0.2, 0.25) is 0 Å². The summed E-state index contributed by atoms with van der Waals surface area (Å²) in [5, 5.41) is 10.5. The average Bonchev–Trinajstić information content (AvgIpc) is 2.47. The first-order chi connectivity index (χ1) is 10.5. The number of rotatable bonds is 6. The molecule has 3 N–H and O–H groups in total. The molecule has 1 amide bonds. The van der Waals surface area contributed by atoms with E-state index in [0.29, 0.717) is 24.5 Å². The van der Waals surface area contributed by atoms with Crippen LogP contribution in [0.5, 0.6) is 0 Å². The van der Waals surface area contributed by atoms with Gasteiger partial charge >= 0.3 is 0 Å². The lowest BCUT2D eigenvalue weighted by Gasteiger charge is -2.12. The first-order valence-corrected chi connectivity index (χ1v) is 6.75. The van der Waals surface area contributed by atoms with Gasteiger partial charge in [-0.1, -0.05) is 12.1 Å². The van der Waals surface area contributed by atoms with Crippen molar-refractivity contribution in [3.8, 4) is 0 Å². The smallest absolute Gasteiger partial charge is 0.269 e. The molecule has 0 fully saturated rings. The van der Waals surface area contributed by atoms with Crippen molar-refractivity contribution >= 4 is 11.7 Å². The van der Waals surface area contributed by atoms with E-state index in [9.17, 15) is 9.18 Å². The maximum absolute atomic E-state index is 13.9. The molecular weight excluding hydrogens is 285 g/mol. The number of carbonyl (C=O) groups is 1. The molecule has 0 bridgehead atoms. The van der Waals surface area contributed by atoms with Gasteiger partial charge in [0.15, 0.2) is 5.69 Å². The van der Waals surface area contributed by atoms with Crippen LogP contribution < -0.4 is 11.1 Å². The molecule has 0 aliphatic rings. The van der Waals surface area contributed by atoms with Crippen molar-refractivity contribution in [1.29, 1.82) is 0 Å². The van der Waals surface area contributed by atoms with Crippen molar-refractivity contribution in [1.82, 2.24) is 15.1 Å². The summed E-state index contributed by atoms with van der Waals surface area (Å²) < 4.78 is 13.9. The maximum Gasteiger partial charge on any atom is 0.269 e. The highest BCUT2D eigenvalue weighted by atomic mass is 19.1. The third-order valence-corrected chi connectivity index (χ3v) is 2.99.